The third-order valence-electron chi connectivity index (χ3n) is 6.03. The van der Waals surface area contributed by atoms with Crippen LogP contribution in [0.25, 0.3) is 11.0 Å². The number of nitrogens with one attached hydrogen (secondary N) is 2. The normalized spacial score (nSPS) is 13.7. The summed E-state index contributed by atoms with van der Waals surface area (Å²) in [4.78, 5) is 20.6. The number of fused-ring (bicyclic) bond motifs is 2. The maximum absolute atomic E-state index is 5.68. The van der Waals surface area contributed by atoms with Crippen LogP contribution in [0.3, 0.4) is 0 Å². The highest BCUT2D eigenvalue weighted by atomic mass is 79.9. The highest BCUT2D eigenvalue weighted by Gasteiger charge is 2.19. The molecule has 4 aromatic rings. The van der Waals surface area contributed by atoms with Crippen molar-refractivity contribution in [2.24, 2.45) is 0 Å². The number of aromatic nitrogens is 4. The second-order valence-corrected chi connectivity index (χ2v) is 11.8. The molecule has 1 aliphatic rings. The van der Waals surface area contributed by atoms with E-state index in [0.717, 1.165) is 57.4 Å². The van der Waals surface area contributed by atoms with Crippen LogP contribution in [-0.4, -0.2) is 58.9 Å². The van der Waals surface area contributed by atoms with Gasteiger partial charge in [-0.25, -0.2) is 4.98 Å². The van der Waals surface area contributed by atoms with E-state index in [1.807, 2.05) is 12.1 Å². The van der Waals surface area contributed by atoms with Crippen molar-refractivity contribution >= 4 is 63.3 Å². The molecule has 5 rings (SSSR count). The summed E-state index contributed by atoms with van der Waals surface area (Å²) in [5, 5.41) is 8.02. The van der Waals surface area contributed by atoms with Crippen molar-refractivity contribution in [1.29, 1.82) is 0 Å². The summed E-state index contributed by atoms with van der Waals surface area (Å²) < 4.78 is 6.44. The van der Waals surface area contributed by atoms with E-state index in [4.69, 9.17) is 9.72 Å². The van der Waals surface area contributed by atoms with E-state index < -0.39 is 7.92 Å². The fraction of sp³-hybridized carbons (Fsp3) is 0.280. The van der Waals surface area contributed by atoms with Gasteiger partial charge in [0, 0.05) is 42.7 Å². The van der Waals surface area contributed by atoms with Crippen molar-refractivity contribution in [3.63, 3.8) is 0 Å². The Morgan fingerprint density at radius 3 is 2.66 bits per heavy atom. The molecule has 2 N–H and O–H groups in total. The Hall–Kier alpha value is -2.87. The van der Waals surface area contributed by atoms with Crippen molar-refractivity contribution in [2.45, 2.75) is 13.0 Å². The Labute approximate surface area is 214 Å². The Kier molecular flexibility index (Phi) is 6.82. The molecule has 0 unspecified atom stereocenters. The van der Waals surface area contributed by atoms with Crippen molar-refractivity contribution < 1.29 is 4.74 Å². The van der Waals surface area contributed by atoms with Crippen LogP contribution in [0, 0.1) is 0 Å². The molecule has 0 saturated heterocycles. The Morgan fingerprint density at radius 2 is 1.86 bits per heavy atom. The molecule has 0 saturated carbocycles. The summed E-state index contributed by atoms with van der Waals surface area (Å²) in [7, 11) is 3.39. The molecule has 0 bridgehead atoms. The van der Waals surface area contributed by atoms with E-state index in [9.17, 15) is 0 Å². The molecule has 2 aromatic heterocycles. The van der Waals surface area contributed by atoms with Gasteiger partial charge in [0.05, 0.1) is 28.3 Å². The van der Waals surface area contributed by atoms with Crippen LogP contribution in [0.5, 0.6) is 5.75 Å². The SMILES string of the molecule is COc1cc2c(cc1Nc1ncc(Br)c(Nc3ccc4nccnc4c3P(C)C)n1)CN(C)CC2. The maximum atomic E-state index is 5.68. The zero-order chi connectivity index (χ0) is 24.5. The number of nitrogens with zero attached hydrogens (tertiary/aromatic N) is 5. The number of hydrogen-bond acceptors (Lipinski definition) is 8. The van der Waals surface area contributed by atoms with Crippen LogP contribution in [0.1, 0.15) is 11.1 Å². The molecule has 180 valence electrons. The van der Waals surface area contributed by atoms with E-state index in [-0.39, 0.29) is 0 Å². The van der Waals surface area contributed by atoms with Gasteiger partial charge in [-0.2, -0.15) is 4.98 Å². The summed E-state index contributed by atoms with van der Waals surface area (Å²) >= 11 is 3.60. The van der Waals surface area contributed by atoms with Crippen LogP contribution < -0.4 is 20.7 Å². The minimum absolute atomic E-state index is 0.445. The molecule has 10 heteroatoms. The van der Waals surface area contributed by atoms with Crippen molar-refractivity contribution in [3.05, 3.63) is 58.5 Å². The first-order valence-corrected chi connectivity index (χ1v) is 14.3. The topological polar surface area (TPSA) is 88.1 Å². The van der Waals surface area contributed by atoms with Crippen LogP contribution in [0.15, 0.2) is 47.3 Å². The average Bonchev–Trinajstić information content (AvgIpc) is 2.85. The van der Waals surface area contributed by atoms with Gasteiger partial charge in [0.2, 0.25) is 5.95 Å². The number of likely N-dealkylation sites (N-methyl/N-ethyl adjacent to an activating group) is 1. The van der Waals surface area contributed by atoms with Crippen molar-refractivity contribution in [3.8, 4) is 5.75 Å². The largest absolute Gasteiger partial charge is 0.495 e. The fourth-order valence-electron chi connectivity index (χ4n) is 4.33. The van der Waals surface area contributed by atoms with Crippen LogP contribution in [0.2, 0.25) is 0 Å². The van der Waals surface area contributed by atoms with E-state index in [1.54, 1.807) is 25.7 Å². The molecule has 0 aliphatic carbocycles. The molecule has 35 heavy (non-hydrogen) atoms. The molecule has 0 amide bonds. The van der Waals surface area contributed by atoms with Gasteiger partial charge >= 0.3 is 0 Å². The number of anilines is 4. The van der Waals surface area contributed by atoms with E-state index in [2.05, 4.69) is 78.9 Å². The Bertz CT molecular complexity index is 1400. The third kappa shape index (κ3) is 4.94. The van der Waals surface area contributed by atoms with E-state index in [0.29, 0.717) is 11.8 Å². The highest BCUT2D eigenvalue weighted by molar-refractivity contribution is 9.10. The van der Waals surface area contributed by atoms with Crippen molar-refractivity contribution in [2.75, 3.05) is 44.7 Å². The molecule has 0 spiro atoms. The van der Waals surface area contributed by atoms with E-state index in [1.165, 1.54) is 11.1 Å². The lowest BCUT2D eigenvalue weighted by molar-refractivity contribution is 0.312. The second kappa shape index (κ2) is 10.0. The van der Waals surface area contributed by atoms with Gasteiger partial charge in [-0.05, 0) is 78.1 Å². The van der Waals surface area contributed by atoms with Crippen LogP contribution >= 0.6 is 23.9 Å². The molecular formula is C25H27BrN7OP. The molecule has 3 heterocycles. The number of benzene rings is 2. The molecular weight excluding hydrogens is 525 g/mol. The quantitative estimate of drug-likeness (QED) is 0.322. The second-order valence-electron chi connectivity index (χ2n) is 8.73. The summed E-state index contributed by atoms with van der Waals surface area (Å²) in [6, 6.07) is 8.29. The minimum atomic E-state index is -0.445. The number of hydrogen-bond donors (Lipinski definition) is 2. The lowest BCUT2D eigenvalue weighted by atomic mass is 9.99. The summed E-state index contributed by atoms with van der Waals surface area (Å²) in [6.07, 6.45) is 6.22. The molecule has 0 atom stereocenters. The van der Waals surface area contributed by atoms with Crippen LogP contribution in [-0.2, 0) is 13.0 Å². The monoisotopic (exact) mass is 551 g/mol. The molecule has 8 nitrogen and oxygen atoms in total. The zero-order valence-corrected chi connectivity index (χ0v) is 22.6. The Balaban J connectivity index is 1.48. The van der Waals surface area contributed by atoms with Gasteiger partial charge in [-0.15, -0.1) is 0 Å². The first-order chi connectivity index (χ1) is 16.9. The number of halogens is 1. The first-order valence-electron chi connectivity index (χ1n) is 11.3. The van der Waals surface area contributed by atoms with Gasteiger partial charge in [-0.1, -0.05) is 7.92 Å². The molecule has 1 aliphatic heterocycles. The zero-order valence-electron chi connectivity index (χ0n) is 20.1. The lowest BCUT2D eigenvalue weighted by Crippen LogP contribution is -2.26. The van der Waals surface area contributed by atoms with Gasteiger partial charge in [-0.3, -0.25) is 9.97 Å². The van der Waals surface area contributed by atoms with Gasteiger partial charge in [0.1, 0.15) is 11.6 Å². The number of methoxy groups -OCH3 is 1. The number of rotatable bonds is 6. The van der Waals surface area contributed by atoms with Crippen molar-refractivity contribution in [1.82, 2.24) is 24.8 Å². The van der Waals surface area contributed by atoms with Gasteiger partial charge in [0.15, 0.2) is 0 Å². The van der Waals surface area contributed by atoms with Crippen LogP contribution in [0.4, 0.5) is 23.1 Å². The summed E-state index contributed by atoms with van der Waals surface area (Å²) in [5.41, 5.74) is 6.24. The summed E-state index contributed by atoms with van der Waals surface area (Å²) in [5.74, 6) is 1.93. The van der Waals surface area contributed by atoms with Gasteiger partial charge in [0.25, 0.3) is 0 Å². The molecule has 0 fully saturated rings. The smallest absolute Gasteiger partial charge is 0.229 e. The Morgan fingerprint density at radius 1 is 1.03 bits per heavy atom. The molecule has 2 aromatic carbocycles. The minimum Gasteiger partial charge on any atom is -0.495 e. The maximum Gasteiger partial charge on any atom is 0.229 e. The lowest BCUT2D eigenvalue weighted by Gasteiger charge is -2.26. The highest BCUT2D eigenvalue weighted by Crippen LogP contribution is 2.36. The van der Waals surface area contributed by atoms with E-state index >= 15 is 0 Å². The average molecular weight is 552 g/mol. The molecule has 0 radical (unpaired) electrons. The predicted octanol–water partition coefficient (Wildman–Crippen LogP) is 5.03. The predicted molar refractivity (Wildman–Crippen MR) is 147 cm³/mol. The first kappa shape index (κ1) is 23.9. The van der Waals surface area contributed by atoms with Gasteiger partial charge < -0.3 is 20.3 Å². The third-order valence-corrected chi connectivity index (χ3v) is 7.96. The standard InChI is InChI=1S/C25H27BrN7OP/c1-33-10-7-15-12-21(34-2)20(11-16(15)14-33)31-25-29-13-17(26)24(32-25)30-19-6-5-18-22(23(19)35(3)4)28-9-8-27-18/h5-6,8-9,11-13H,7,10,14H2,1-4H3,(H2,29,30,31,32). The summed E-state index contributed by atoms with van der Waals surface area (Å²) in [6.45, 7) is 6.39. The fourth-order valence-corrected chi connectivity index (χ4v) is 5.83. The number of ether oxygens (including phenoxy) is 1.